The largest absolute Gasteiger partial charge is 0.507 e. The highest BCUT2D eigenvalue weighted by molar-refractivity contribution is 6.00. The molecule has 0 bridgehead atoms. The van der Waals surface area contributed by atoms with Gasteiger partial charge in [-0.2, -0.15) is 0 Å². The van der Waals surface area contributed by atoms with Crippen LogP contribution < -0.4 is 5.56 Å². The number of ketones is 1. The van der Waals surface area contributed by atoms with E-state index in [2.05, 4.69) is 0 Å². The maximum Gasteiger partial charge on any atom is 0.272 e. The fraction of sp³-hybridized carbons (Fsp3) is 0.188. The Hall–Kier alpha value is -2.69. The molecule has 5 nitrogen and oxygen atoms in total. The molecule has 0 aliphatic heterocycles. The number of carbonyl (C=O) groups is 2. The first-order valence-electron chi connectivity index (χ1n) is 6.41. The third kappa shape index (κ3) is 2.63. The van der Waals surface area contributed by atoms with Crippen molar-refractivity contribution < 1.29 is 14.7 Å². The Labute approximate surface area is 121 Å². The number of aromatic hydroxyl groups is 1. The van der Waals surface area contributed by atoms with Gasteiger partial charge in [-0.15, -0.1) is 0 Å². The van der Waals surface area contributed by atoms with E-state index in [0.29, 0.717) is 5.56 Å². The molecule has 0 atom stereocenters. The molecule has 1 N–H and O–H groups in total. The molecule has 0 radical (unpaired) electrons. The fourth-order valence-electron chi connectivity index (χ4n) is 2.12. The van der Waals surface area contributed by atoms with Gasteiger partial charge in [-0.1, -0.05) is 17.7 Å². The van der Waals surface area contributed by atoms with E-state index in [-0.39, 0.29) is 11.3 Å². The number of aromatic nitrogens is 1. The molecule has 5 heteroatoms. The van der Waals surface area contributed by atoms with Crippen molar-refractivity contribution >= 4 is 11.7 Å². The number of benzene rings is 1. The Kier molecular flexibility index (Phi) is 3.76. The number of nitrogens with zero attached hydrogens (tertiary/aromatic N) is 1. The van der Waals surface area contributed by atoms with Gasteiger partial charge in [-0.25, -0.2) is 4.57 Å². The van der Waals surface area contributed by atoms with Gasteiger partial charge in [-0.05, 0) is 32.9 Å². The SMILES string of the molecule is CC(=O)c1c(O)cc(C)n(C(=O)c2ccc(C)cc2)c1=O. The van der Waals surface area contributed by atoms with Crippen LogP contribution >= 0.6 is 0 Å². The molecule has 0 fully saturated rings. The van der Waals surface area contributed by atoms with Crippen molar-refractivity contribution in [2.24, 2.45) is 0 Å². The molecule has 1 aromatic carbocycles. The second-order valence-corrected chi connectivity index (χ2v) is 4.91. The van der Waals surface area contributed by atoms with Gasteiger partial charge < -0.3 is 5.11 Å². The van der Waals surface area contributed by atoms with Crippen molar-refractivity contribution in [3.05, 3.63) is 63.1 Å². The lowest BCUT2D eigenvalue weighted by molar-refractivity contribution is 0.0952. The number of carbonyl (C=O) groups excluding carboxylic acids is 2. The van der Waals surface area contributed by atoms with Crippen molar-refractivity contribution in [2.75, 3.05) is 0 Å². The molecular weight excluding hydrogens is 270 g/mol. The van der Waals surface area contributed by atoms with Crippen LogP contribution in [0.3, 0.4) is 0 Å². The molecule has 0 saturated heterocycles. The van der Waals surface area contributed by atoms with Crippen LogP contribution in [0.1, 0.15) is 38.9 Å². The van der Waals surface area contributed by atoms with E-state index in [1.807, 2.05) is 6.92 Å². The predicted molar refractivity (Wildman–Crippen MR) is 78.0 cm³/mol. The average Bonchev–Trinajstić information content (AvgIpc) is 2.38. The highest BCUT2D eigenvalue weighted by Gasteiger charge is 2.20. The first kappa shape index (κ1) is 14.7. The summed E-state index contributed by atoms with van der Waals surface area (Å²) in [6, 6.07) is 8.00. The number of hydrogen-bond acceptors (Lipinski definition) is 4. The molecule has 108 valence electrons. The molecular formula is C16H15NO4. The third-order valence-electron chi connectivity index (χ3n) is 3.23. The minimum atomic E-state index is -0.800. The Morgan fingerprint density at radius 3 is 2.19 bits per heavy atom. The van der Waals surface area contributed by atoms with Crippen molar-refractivity contribution in [2.45, 2.75) is 20.8 Å². The van der Waals surface area contributed by atoms with E-state index >= 15 is 0 Å². The lowest BCUT2D eigenvalue weighted by atomic mass is 10.1. The molecule has 0 spiro atoms. The Morgan fingerprint density at radius 1 is 1.10 bits per heavy atom. The van der Waals surface area contributed by atoms with Crippen molar-refractivity contribution in [3.63, 3.8) is 0 Å². The molecule has 0 aliphatic carbocycles. The maximum atomic E-state index is 12.5. The molecule has 0 amide bonds. The highest BCUT2D eigenvalue weighted by atomic mass is 16.3. The first-order chi connectivity index (χ1) is 9.82. The van der Waals surface area contributed by atoms with Gasteiger partial charge in [0.05, 0.1) is 0 Å². The molecule has 2 rings (SSSR count). The van der Waals surface area contributed by atoms with E-state index < -0.39 is 23.0 Å². The quantitative estimate of drug-likeness (QED) is 0.857. The summed E-state index contributed by atoms with van der Waals surface area (Å²) in [5, 5.41) is 9.71. The van der Waals surface area contributed by atoms with Crippen LogP contribution in [-0.2, 0) is 0 Å². The average molecular weight is 285 g/mol. The van der Waals surface area contributed by atoms with E-state index in [1.54, 1.807) is 24.3 Å². The van der Waals surface area contributed by atoms with Gasteiger partial charge in [0.15, 0.2) is 5.78 Å². The Bertz CT molecular complexity index is 785. The zero-order valence-electron chi connectivity index (χ0n) is 12.0. The summed E-state index contributed by atoms with van der Waals surface area (Å²) in [5.41, 5.74) is 0.427. The van der Waals surface area contributed by atoms with Crippen LogP contribution in [0.15, 0.2) is 35.1 Å². The Morgan fingerprint density at radius 2 is 1.67 bits per heavy atom. The third-order valence-corrected chi connectivity index (χ3v) is 3.23. The van der Waals surface area contributed by atoms with Crippen LogP contribution in [0, 0.1) is 13.8 Å². The standard InChI is InChI=1S/C16H15NO4/c1-9-4-6-12(7-5-9)15(20)17-10(2)8-13(19)14(11(3)18)16(17)21/h4-8,19H,1-3H3. The van der Waals surface area contributed by atoms with Gasteiger partial charge in [-0.3, -0.25) is 14.4 Å². The minimum absolute atomic E-state index is 0.271. The maximum absolute atomic E-state index is 12.5. The number of hydrogen-bond donors (Lipinski definition) is 1. The van der Waals surface area contributed by atoms with E-state index in [4.69, 9.17) is 0 Å². The normalized spacial score (nSPS) is 10.4. The van der Waals surface area contributed by atoms with Crippen LogP contribution in [0.4, 0.5) is 0 Å². The topological polar surface area (TPSA) is 76.4 Å². The summed E-state index contributed by atoms with van der Waals surface area (Å²) in [5.74, 6) is -1.51. The van der Waals surface area contributed by atoms with E-state index in [9.17, 15) is 19.5 Å². The van der Waals surface area contributed by atoms with Gasteiger partial charge in [0.1, 0.15) is 11.3 Å². The summed E-state index contributed by atoms with van der Waals surface area (Å²) < 4.78 is 0.904. The summed E-state index contributed by atoms with van der Waals surface area (Å²) in [6.45, 7) is 4.59. The second kappa shape index (κ2) is 5.36. The van der Waals surface area contributed by atoms with E-state index in [1.165, 1.54) is 19.9 Å². The Balaban J connectivity index is 2.66. The van der Waals surface area contributed by atoms with E-state index in [0.717, 1.165) is 10.1 Å². The molecule has 21 heavy (non-hydrogen) atoms. The van der Waals surface area contributed by atoms with Crippen LogP contribution in [0.25, 0.3) is 0 Å². The first-order valence-corrected chi connectivity index (χ1v) is 6.41. The zero-order valence-corrected chi connectivity index (χ0v) is 12.0. The number of pyridine rings is 1. The molecule has 0 saturated carbocycles. The fourth-order valence-corrected chi connectivity index (χ4v) is 2.12. The van der Waals surface area contributed by atoms with Crippen LogP contribution in [0.2, 0.25) is 0 Å². The zero-order chi connectivity index (χ0) is 15.7. The summed E-state index contributed by atoms with van der Waals surface area (Å²) in [6.07, 6.45) is 0. The van der Waals surface area contributed by atoms with Crippen molar-refractivity contribution in [1.29, 1.82) is 0 Å². The lowest BCUT2D eigenvalue weighted by Gasteiger charge is -2.11. The monoisotopic (exact) mass is 285 g/mol. The molecule has 0 unspecified atom stereocenters. The van der Waals surface area contributed by atoms with Crippen LogP contribution in [0.5, 0.6) is 5.75 Å². The number of rotatable bonds is 2. The summed E-state index contributed by atoms with van der Waals surface area (Å²) in [4.78, 5) is 36.2. The van der Waals surface area contributed by atoms with Gasteiger partial charge in [0, 0.05) is 17.3 Å². The summed E-state index contributed by atoms with van der Waals surface area (Å²) >= 11 is 0. The smallest absolute Gasteiger partial charge is 0.272 e. The van der Waals surface area contributed by atoms with Gasteiger partial charge in [0.2, 0.25) is 0 Å². The van der Waals surface area contributed by atoms with Gasteiger partial charge >= 0.3 is 0 Å². The molecule has 0 aliphatic rings. The molecule has 1 aromatic heterocycles. The molecule has 1 heterocycles. The lowest BCUT2D eigenvalue weighted by Crippen LogP contribution is -2.32. The highest BCUT2D eigenvalue weighted by Crippen LogP contribution is 2.16. The van der Waals surface area contributed by atoms with Crippen molar-refractivity contribution in [1.82, 2.24) is 4.57 Å². The predicted octanol–water partition coefficient (Wildman–Crippen LogP) is 2.06. The number of Topliss-reactive ketones (excluding diaryl/α,β-unsaturated/α-hetero) is 1. The van der Waals surface area contributed by atoms with Gasteiger partial charge in [0.25, 0.3) is 11.5 Å². The van der Waals surface area contributed by atoms with Crippen molar-refractivity contribution in [3.8, 4) is 5.75 Å². The van der Waals surface area contributed by atoms with Crippen LogP contribution in [-0.4, -0.2) is 21.4 Å². The second-order valence-electron chi connectivity index (χ2n) is 4.91. The summed E-state index contributed by atoms with van der Waals surface area (Å²) in [7, 11) is 0. The molecule has 2 aromatic rings. The minimum Gasteiger partial charge on any atom is -0.507 e. The number of aryl methyl sites for hydroxylation is 2.